The van der Waals surface area contributed by atoms with E-state index in [1.165, 1.54) is 0 Å². The third-order valence-corrected chi connectivity index (χ3v) is 5.08. The molecule has 0 atom stereocenters. The van der Waals surface area contributed by atoms with Crippen molar-refractivity contribution in [2.45, 2.75) is 18.4 Å². The molecule has 0 unspecified atom stereocenters. The Bertz CT molecular complexity index is 1020. The normalized spacial score (nSPS) is 16.0. The van der Waals surface area contributed by atoms with E-state index in [4.69, 9.17) is 0 Å². The van der Waals surface area contributed by atoms with Crippen LogP contribution in [0, 0.1) is 11.3 Å². The lowest BCUT2D eigenvalue weighted by atomic mass is 9.81. The van der Waals surface area contributed by atoms with E-state index >= 15 is 0 Å². The first-order chi connectivity index (χ1) is 13.1. The number of benzene rings is 1. The minimum atomic E-state index is -1.04. The first-order valence-electron chi connectivity index (χ1n) is 8.68. The van der Waals surface area contributed by atoms with Crippen molar-refractivity contribution in [1.82, 2.24) is 20.3 Å². The lowest BCUT2D eigenvalue weighted by molar-refractivity contribution is 0.167. The molecular weight excluding hydrogens is 344 g/mol. The second kappa shape index (κ2) is 6.61. The Balaban J connectivity index is 1.62. The fourth-order valence-corrected chi connectivity index (χ4v) is 3.69. The summed E-state index contributed by atoms with van der Waals surface area (Å²) in [7, 11) is 0. The summed E-state index contributed by atoms with van der Waals surface area (Å²) in [4.78, 5) is 25.3. The van der Waals surface area contributed by atoms with Crippen molar-refractivity contribution in [3.63, 3.8) is 0 Å². The highest BCUT2D eigenvalue weighted by molar-refractivity contribution is 5.81. The lowest BCUT2D eigenvalue weighted by Crippen LogP contribution is -2.53. The van der Waals surface area contributed by atoms with E-state index in [-0.39, 0.29) is 0 Å². The first-order valence-corrected chi connectivity index (χ1v) is 8.68. The molecule has 1 aliphatic heterocycles. The standard InChI is InChI=1S/C19H18N6O2/c20-12-15-14-6-9-21-16(14)23-17(22-15)25-10-7-19(8-11-25,24-18(26)27)13-4-2-1-3-5-13/h1-6,9,24H,7-8,10-11H2,(H,26,27)(H,21,22,23). The Morgan fingerprint density at radius 1 is 1.22 bits per heavy atom. The van der Waals surface area contributed by atoms with Crippen molar-refractivity contribution < 1.29 is 9.90 Å². The van der Waals surface area contributed by atoms with Crippen LogP contribution in [0.15, 0.2) is 42.6 Å². The number of carbonyl (C=O) groups is 1. The summed E-state index contributed by atoms with van der Waals surface area (Å²) < 4.78 is 0. The number of nitriles is 1. The summed E-state index contributed by atoms with van der Waals surface area (Å²) in [6, 6.07) is 13.5. The zero-order chi connectivity index (χ0) is 18.9. The Labute approximate surface area is 155 Å². The molecule has 1 saturated heterocycles. The van der Waals surface area contributed by atoms with Gasteiger partial charge in [0.2, 0.25) is 5.95 Å². The molecule has 1 aliphatic rings. The highest BCUT2D eigenvalue weighted by atomic mass is 16.4. The Kier molecular flexibility index (Phi) is 4.12. The molecule has 2 aromatic heterocycles. The van der Waals surface area contributed by atoms with Crippen LogP contribution in [0.5, 0.6) is 0 Å². The fourth-order valence-electron chi connectivity index (χ4n) is 3.69. The molecule has 136 valence electrons. The van der Waals surface area contributed by atoms with Gasteiger partial charge in [0.25, 0.3) is 0 Å². The maximum atomic E-state index is 11.4. The number of piperidine rings is 1. The molecule has 0 spiro atoms. The van der Waals surface area contributed by atoms with Crippen LogP contribution in [0.1, 0.15) is 24.1 Å². The number of nitrogens with zero attached hydrogens (tertiary/aromatic N) is 4. The van der Waals surface area contributed by atoms with Gasteiger partial charge in [-0.15, -0.1) is 0 Å². The van der Waals surface area contributed by atoms with Gasteiger partial charge in [-0.2, -0.15) is 10.2 Å². The van der Waals surface area contributed by atoms with Crippen LogP contribution < -0.4 is 10.2 Å². The smallest absolute Gasteiger partial charge is 0.405 e. The molecule has 1 amide bonds. The van der Waals surface area contributed by atoms with Gasteiger partial charge in [0.05, 0.1) is 10.9 Å². The average molecular weight is 362 g/mol. The van der Waals surface area contributed by atoms with E-state index in [1.54, 1.807) is 12.3 Å². The van der Waals surface area contributed by atoms with Gasteiger partial charge in [0.1, 0.15) is 11.7 Å². The van der Waals surface area contributed by atoms with Gasteiger partial charge in [-0.3, -0.25) is 0 Å². The zero-order valence-corrected chi connectivity index (χ0v) is 14.5. The Morgan fingerprint density at radius 2 is 1.96 bits per heavy atom. The third kappa shape index (κ3) is 3.04. The van der Waals surface area contributed by atoms with Crippen LogP contribution in [0.2, 0.25) is 0 Å². The first kappa shape index (κ1) is 16.8. The highest BCUT2D eigenvalue weighted by Crippen LogP contribution is 2.34. The van der Waals surface area contributed by atoms with Crippen molar-refractivity contribution in [1.29, 1.82) is 5.26 Å². The summed E-state index contributed by atoms with van der Waals surface area (Å²) in [6.45, 7) is 1.15. The zero-order valence-electron chi connectivity index (χ0n) is 14.5. The molecular formula is C19H18N6O2. The van der Waals surface area contributed by atoms with Gasteiger partial charge in [0.15, 0.2) is 5.69 Å². The molecule has 0 bridgehead atoms. The largest absolute Gasteiger partial charge is 0.465 e. The van der Waals surface area contributed by atoms with Crippen molar-refractivity contribution in [2.75, 3.05) is 18.0 Å². The number of hydrogen-bond acceptors (Lipinski definition) is 5. The second-order valence-corrected chi connectivity index (χ2v) is 6.59. The number of amides is 1. The number of aromatic nitrogens is 3. The number of nitrogens with one attached hydrogen (secondary N) is 2. The van der Waals surface area contributed by atoms with Gasteiger partial charge in [-0.25, -0.2) is 9.78 Å². The second-order valence-electron chi connectivity index (χ2n) is 6.59. The van der Waals surface area contributed by atoms with Crippen LogP contribution in [-0.4, -0.2) is 39.2 Å². The molecule has 1 aromatic carbocycles. The Morgan fingerprint density at radius 3 is 2.63 bits per heavy atom. The number of hydrogen-bond donors (Lipinski definition) is 3. The summed E-state index contributed by atoms with van der Waals surface area (Å²) >= 11 is 0. The lowest BCUT2D eigenvalue weighted by Gasteiger charge is -2.42. The van der Waals surface area contributed by atoms with E-state index in [0.29, 0.717) is 48.6 Å². The molecule has 3 aromatic rings. The summed E-state index contributed by atoms with van der Waals surface area (Å²) in [5.41, 5.74) is 1.27. The summed E-state index contributed by atoms with van der Waals surface area (Å²) in [5.74, 6) is 0.485. The van der Waals surface area contributed by atoms with E-state index in [0.717, 1.165) is 5.56 Å². The number of aromatic amines is 1. The molecule has 3 heterocycles. The van der Waals surface area contributed by atoms with Gasteiger partial charge >= 0.3 is 6.09 Å². The third-order valence-electron chi connectivity index (χ3n) is 5.08. The van der Waals surface area contributed by atoms with Gasteiger partial charge in [-0.1, -0.05) is 30.3 Å². The van der Waals surface area contributed by atoms with Gasteiger partial charge < -0.3 is 20.3 Å². The van der Waals surface area contributed by atoms with Crippen molar-refractivity contribution >= 4 is 23.1 Å². The molecule has 1 fully saturated rings. The van der Waals surface area contributed by atoms with Crippen LogP contribution in [0.4, 0.5) is 10.7 Å². The Hall–Kier alpha value is -3.60. The number of anilines is 1. The maximum Gasteiger partial charge on any atom is 0.405 e. The monoisotopic (exact) mass is 362 g/mol. The maximum absolute atomic E-state index is 11.4. The molecule has 8 heteroatoms. The van der Waals surface area contributed by atoms with Gasteiger partial charge in [0, 0.05) is 19.3 Å². The molecule has 0 radical (unpaired) electrons. The van der Waals surface area contributed by atoms with Crippen molar-refractivity contribution in [3.8, 4) is 6.07 Å². The fraction of sp³-hybridized carbons (Fsp3) is 0.263. The SMILES string of the molecule is N#Cc1nc(N2CCC(NC(=O)O)(c3ccccc3)CC2)nc2[nH]ccc12. The van der Waals surface area contributed by atoms with Crippen LogP contribution in [-0.2, 0) is 5.54 Å². The minimum absolute atomic E-state index is 0.333. The van der Waals surface area contributed by atoms with E-state index in [1.807, 2.05) is 35.2 Å². The number of carboxylic acid groups (broad SMARTS) is 1. The summed E-state index contributed by atoms with van der Waals surface area (Å²) in [5, 5.41) is 22.1. The number of rotatable bonds is 3. The van der Waals surface area contributed by atoms with Crippen LogP contribution in [0.3, 0.4) is 0 Å². The number of fused-ring (bicyclic) bond motifs is 1. The van der Waals surface area contributed by atoms with Gasteiger partial charge in [-0.05, 0) is 24.5 Å². The highest BCUT2D eigenvalue weighted by Gasteiger charge is 2.38. The summed E-state index contributed by atoms with van der Waals surface area (Å²) in [6.07, 6.45) is 1.86. The van der Waals surface area contributed by atoms with Crippen LogP contribution in [0.25, 0.3) is 11.0 Å². The number of H-pyrrole nitrogens is 1. The molecule has 27 heavy (non-hydrogen) atoms. The molecule has 0 saturated carbocycles. The van der Waals surface area contributed by atoms with Crippen molar-refractivity contribution in [3.05, 3.63) is 53.9 Å². The van der Waals surface area contributed by atoms with E-state index in [2.05, 4.69) is 26.3 Å². The average Bonchev–Trinajstić information content (AvgIpc) is 3.17. The quantitative estimate of drug-likeness (QED) is 0.659. The van der Waals surface area contributed by atoms with Crippen LogP contribution >= 0.6 is 0 Å². The topological polar surface area (TPSA) is 118 Å². The predicted molar refractivity (Wildman–Crippen MR) is 99.3 cm³/mol. The van der Waals surface area contributed by atoms with E-state index < -0.39 is 11.6 Å². The molecule has 0 aliphatic carbocycles. The molecule has 3 N–H and O–H groups in total. The van der Waals surface area contributed by atoms with Crippen molar-refractivity contribution in [2.24, 2.45) is 0 Å². The minimum Gasteiger partial charge on any atom is -0.465 e. The molecule has 4 rings (SSSR count). The predicted octanol–water partition coefficient (Wildman–Crippen LogP) is 2.59. The molecule has 8 nitrogen and oxygen atoms in total. The van der Waals surface area contributed by atoms with E-state index in [9.17, 15) is 15.2 Å².